The van der Waals surface area contributed by atoms with Gasteiger partial charge in [0.15, 0.2) is 5.66 Å². The van der Waals surface area contributed by atoms with Crippen molar-refractivity contribution in [1.29, 1.82) is 0 Å². The van der Waals surface area contributed by atoms with Crippen LogP contribution in [0.25, 0.3) is 0 Å². The molecule has 10 heteroatoms. The van der Waals surface area contributed by atoms with Gasteiger partial charge >= 0.3 is 12.0 Å². The van der Waals surface area contributed by atoms with Crippen LogP contribution in [0.4, 0.5) is 4.79 Å². The average molecular weight is 447 g/mol. The number of nitrogens with zero attached hydrogens (tertiary/aromatic N) is 1. The molecule has 4 atom stereocenters. The standard InChI is InChI=1S/C22H29N3O7/c1-14(27)31-10-6-5-9-16-12-25(19-11-17(28)18(13-26)32-19)21(30)24-22(16,23)20(29)15-7-3-2-4-8-15/h2-4,7-8,12,17-19,26,28H,5-6,9-11,13,23H2,1H3,(H,24,30)/t17-,18+,19+,22?/m0/s1. The highest BCUT2D eigenvalue weighted by Crippen LogP contribution is 2.31. The molecule has 3 rings (SSSR count). The van der Waals surface area contributed by atoms with E-state index in [4.69, 9.17) is 15.2 Å². The minimum absolute atomic E-state index is 0.110. The summed E-state index contributed by atoms with van der Waals surface area (Å²) < 4.78 is 10.5. The first kappa shape index (κ1) is 23.9. The molecule has 32 heavy (non-hydrogen) atoms. The third-order valence-corrected chi connectivity index (χ3v) is 5.57. The van der Waals surface area contributed by atoms with E-state index in [0.29, 0.717) is 30.4 Å². The van der Waals surface area contributed by atoms with Gasteiger partial charge in [0.25, 0.3) is 0 Å². The molecule has 0 spiro atoms. The molecule has 0 aromatic heterocycles. The first-order valence-corrected chi connectivity index (χ1v) is 10.5. The molecular weight excluding hydrogens is 418 g/mol. The SMILES string of the molecule is CC(=O)OCCCCC1=CN([C@H]2C[C@H](O)[C@@H](CO)O2)C(=O)NC1(N)C(=O)c1ccccc1. The number of rotatable bonds is 9. The molecule has 0 saturated carbocycles. The Morgan fingerprint density at radius 2 is 2.03 bits per heavy atom. The van der Waals surface area contributed by atoms with Crippen molar-refractivity contribution in [1.82, 2.24) is 10.2 Å². The monoisotopic (exact) mass is 447 g/mol. The smallest absolute Gasteiger partial charge is 0.325 e. The molecule has 2 aliphatic rings. The van der Waals surface area contributed by atoms with Gasteiger partial charge in [0.2, 0.25) is 5.78 Å². The Labute approximate surface area is 186 Å². The molecule has 174 valence electrons. The summed E-state index contributed by atoms with van der Waals surface area (Å²) in [6, 6.07) is 7.79. The second-order valence-electron chi connectivity index (χ2n) is 7.91. The second-order valence-corrected chi connectivity index (χ2v) is 7.91. The lowest BCUT2D eigenvalue weighted by molar-refractivity contribution is -0.141. The third-order valence-electron chi connectivity index (χ3n) is 5.57. The van der Waals surface area contributed by atoms with Gasteiger partial charge in [-0.05, 0) is 24.8 Å². The molecule has 1 saturated heterocycles. The summed E-state index contributed by atoms with van der Waals surface area (Å²) >= 11 is 0. The lowest BCUT2D eigenvalue weighted by atomic mass is 9.87. The van der Waals surface area contributed by atoms with Crippen molar-refractivity contribution in [2.75, 3.05) is 13.2 Å². The lowest BCUT2D eigenvalue weighted by Gasteiger charge is -2.40. The first-order valence-electron chi connectivity index (χ1n) is 10.5. The number of Topliss-reactive ketones (excluding diaryl/α,β-unsaturated/α-hetero) is 1. The van der Waals surface area contributed by atoms with Crippen molar-refractivity contribution in [3.05, 3.63) is 47.7 Å². The highest BCUT2D eigenvalue weighted by atomic mass is 16.5. The van der Waals surface area contributed by atoms with Crippen LogP contribution in [0.15, 0.2) is 42.1 Å². The summed E-state index contributed by atoms with van der Waals surface area (Å²) in [5, 5.41) is 22.0. The molecule has 10 nitrogen and oxygen atoms in total. The molecule has 1 aromatic carbocycles. The van der Waals surface area contributed by atoms with E-state index in [0.717, 1.165) is 0 Å². The predicted octanol–water partition coefficient (Wildman–Crippen LogP) is 0.635. The topological polar surface area (TPSA) is 151 Å². The molecule has 0 radical (unpaired) electrons. The minimum Gasteiger partial charge on any atom is -0.466 e. The van der Waals surface area contributed by atoms with E-state index >= 15 is 0 Å². The van der Waals surface area contributed by atoms with E-state index in [1.165, 1.54) is 18.0 Å². The number of unbranched alkanes of at least 4 members (excludes halogenated alkanes) is 1. The van der Waals surface area contributed by atoms with Gasteiger partial charge < -0.3 is 25.0 Å². The fourth-order valence-corrected chi connectivity index (χ4v) is 3.82. The Balaban J connectivity index is 1.84. The zero-order chi connectivity index (χ0) is 23.3. The number of benzene rings is 1. The van der Waals surface area contributed by atoms with Crippen LogP contribution in [0.5, 0.6) is 0 Å². The fraction of sp³-hybridized carbons (Fsp3) is 0.500. The number of nitrogens with one attached hydrogen (secondary N) is 1. The van der Waals surface area contributed by atoms with E-state index in [2.05, 4.69) is 5.32 Å². The third kappa shape index (κ3) is 5.16. The summed E-state index contributed by atoms with van der Waals surface area (Å²) in [5.74, 6) is -0.832. The molecule has 1 aromatic rings. The molecule has 0 bridgehead atoms. The van der Waals surface area contributed by atoms with Crippen LogP contribution in [0.1, 0.15) is 43.0 Å². The number of hydrogen-bond acceptors (Lipinski definition) is 8. The van der Waals surface area contributed by atoms with E-state index in [1.54, 1.807) is 30.3 Å². The van der Waals surface area contributed by atoms with Gasteiger partial charge in [-0.3, -0.25) is 20.2 Å². The van der Waals surface area contributed by atoms with Crippen LogP contribution in [0.3, 0.4) is 0 Å². The molecular formula is C22H29N3O7. The number of nitrogens with two attached hydrogens (primary N) is 1. The summed E-state index contributed by atoms with van der Waals surface area (Å²) in [6.07, 6.45) is 0.517. The number of hydrogen-bond donors (Lipinski definition) is 4. The molecule has 5 N–H and O–H groups in total. The molecule has 2 aliphatic heterocycles. The number of ether oxygens (including phenoxy) is 2. The van der Waals surface area contributed by atoms with Crippen molar-refractivity contribution in [3.63, 3.8) is 0 Å². The Kier molecular flexibility index (Phi) is 7.62. The van der Waals surface area contributed by atoms with E-state index in [9.17, 15) is 24.6 Å². The van der Waals surface area contributed by atoms with Gasteiger partial charge in [0, 0.05) is 25.1 Å². The van der Waals surface area contributed by atoms with Gasteiger partial charge in [-0.15, -0.1) is 0 Å². The first-order chi connectivity index (χ1) is 15.3. The lowest BCUT2D eigenvalue weighted by Crippen LogP contribution is -2.68. The van der Waals surface area contributed by atoms with Gasteiger partial charge in [0.05, 0.1) is 19.3 Å². The number of carbonyl (C=O) groups is 3. The van der Waals surface area contributed by atoms with Crippen LogP contribution in [0.2, 0.25) is 0 Å². The minimum atomic E-state index is -1.76. The maximum absolute atomic E-state index is 13.3. The number of urea groups is 1. The molecule has 2 amide bonds. The number of esters is 1. The Hall–Kier alpha value is -2.79. The van der Waals surface area contributed by atoms with Crippen molar-refractivity contribution in [3.8, 4) is 0 Å². The maximum atomic E-state index is 13.3. The summed E-state index contributed by atoms with van der Waals surface area (Å²) in [6.45, 7) is 1.18. The van der Waals surface area contributed by atoms with E-state index in [-0.39, 0.29) is 25.6 Å². The molecule has 2 heterocycles. The normalized spacial score (nSPS) is 27.6. The van der Waals surface area contributed by atoms with Crippen LogP contribution in [0, 0.1) is 0 Å². The zero-order valence-electron chi connectivity index (χ0n) is 17.9. The van der Waals surface area contributed by atoms with Crippen LogP contribution in [-0.2, 0) is 14.3 Å². The Bertz CT molecular complexity index is 876. The fourth-order valence-electron chi connectivity index (χ4n) is 3.82. The van der Waals surface area contributed by atoms with Crippen LogP contribution < -0.4 is 11.1 Å². The molecule has 1 fully saturated rings. The average Bonchev–Trinajstić information content (AvgIpc) is 3.15. The largest absolute Gasteiger partial charge is 0.466 e. The number of amides is 2. The predicted molar refractivity (Wildman–Crippen MR) is 113 cm³/mol. The quantitative estimate of drug-likeness (QED) is 0.244. The van der Waals surface area contributed by atoms with Crippen molar-refractivity contribution < 1.29 is 34.1 Å². The van der Waals surface area contributed by atoms with Gasteiger partial charge in [-0.1, -0.05) is 30.3 Å². The molecule has 0 aliphatic carbocycles. The van der Waals surface area contributed by atoms with E-state index < -0.39 is 35.9 Å². The molecule has 1 unspecified atom stereocenters. The Morgan fingerprint density at radius 3 is 2.66 bits per heavy atom. The van der Waals surface area contributed by atoms with Gasteiger partial charge in [0.1, 0.15) is 12.3 Å². The Morgan fingerprint density at radius 1 is 1.31 bits per heavy atom. The highest BCUT2D eigenvalue weighted by molar-refractivity contribution is 6.07. The number of carbonyl (C=O) groups excluding carboxylic acids is 3. The van der Waals surface area contributed by atoms with Crippen molar-refractivity contribution >= 4 is 17.8 Å². The second kappa shape index (κ2) is 10.2. The number of aliphatic hydroxyl groups is 2. The maximum Gasteiger partial charge on any atom is 0.325 e. The zero-order valence-corrected chi connectivity index (χ0v) is 17.9. The van der Waals surface area contributed by atoms with Gasteiger partial charge in [-0.25, -0.2) is 4.79 Å². The summed E-state index contributed by atoms with van der Waals surface area (Å²) in [7, 11) is 0. The van der Waals surface area contributed by atoms with E-state index in [1.807, 2.05) is 0 Å². The summed E-state index contributed by atoms with van der Waals surface area (Å²) in [4.78, 5) is 38.4. The van der Waals surface area contributed by atoms with Crippen LogP contribution >= 0.6 is 0 Å². The number of aliphatic hydroxyl groups excluding tert-OH is 2. The van der Waals surface area contributed by atoms with Crippen molar-refractivity contribution in [2.24, 2.45) is 5.73 Å². The highest BCUT2D eigenvalue weighted by Gasteiger charge is 2.47. The van der Waals surface area contributed by atoms with Crippen LogP contribution in [-0.4, -0.2) is 70.2 Å². The number of ketones is 1. The van der Waals surface area contributed by atoms with Gasteiger partial charge in [-0.2, -0.15) is 0 Å². The summed E-state index contributed by atoms with van der Waals surface area (Å²) in [5.41, 5.74) is 5.53. The van der Waals surface area contributed by atoms with Crippen molar-refractivity contribution in [2.45, 2.75) is 56.7 Å².